The molecule has 112 valence electrons. The number of nitro groups is 1. The van der Waals surface area contributed by atoms with Crippen LogP contribution in [0.25, 0.3) is 0 Å². The predicted molar refractivity (Wildman–Crippen MR) is 71.3 cm³/mol. The average Bonchev–Trinajstić information content (AvgIpc) is 2.33. The molecular formula is C11H13F3N2O3S. The van der Waals surface area contributed by atoms with Gasteiger partial charge in [0, 0.05) is 30.1 Å². The van der Waals surface area contributed by atoms with E-state index in [1.807, 2.05) is 0 Å². The third kappa shape index (κ3) is 6.00. The lowest BCUT2D eigenvalue weighted by atomic mass is 10.2. The van der Waals surface area contributed by atoms with Gasteiger partial charge in [0.2, 0.25) is 0 Å². The number of hydrogen-bond acceptors (Lipinski definition) is 5. The van der Waals surface area contributed by atoms with Crippen molar-refractivity contribution < 1.29 is 22.8 Å². The Kier molecular flexibility index (Phi) is 5.93. The number of ether oxygens (including phenoxy) is 1. The molecule has 0 aromatic heterocycles. The predicted octanol–water partition coefficient (Wildman–Crippen LogP) is 3.66. The summed E-state index contributed by atoms with van der Waals surface area (Å²) in [5.74, 6) is 0.114. The zero-order valence-electron chi connectivity index (χ0n) is 10.6. The summed E-state index contributed by atoms with van der Waals surface area (Å²) in [6.07, 6.45) is 0. The van der Waals surface area contributed by atoms with Crippen molar-refractivity contribution in [2.75, 3.05) is 24.2 Å². The molecule has 0 spiro atoms. The van der Waals surface area contributed by atoms with Crippen LogP contribution in [0, 0.1) is 10.1 Å². The van der Waals surface area contributed by atoms with Gasteiger partial charge < -0.3 is 10.1 Å². The molecule has 0 aliphatic rings. The van der Waals surface area contributed by atoms with E-state index in [-0.39, 0.29) is 29.7 Å². The maximum atomic E-state index is 11.9. The zero-order chi connectivity index (χ0) is 15.2. The molecule has 0 aliphatic carbocycles. The first-order valence-electron chi connectivity index (χ1n) is 5.68. The lowest BCUT2D eigenvalue weighted by Crippen LogP contribution is -2.09. The van der Waals surface area contributed by atoms with Crippen LogP contribution in [0.1, 0.15) is 6.92 Å². The molecule has 1 aromatic carbocycles. The number of non-ortho nitro benzene ring substituents is 1. The van der Waals surface area contributed by atoms with Gasteiger partial charge in [0.15, 0.2) is 0 Å². The third-order valence-electron chi connectivity index (χ3n) is 2.11. The van der Waals surface area contributed by atoms with Crippen molar-refractivity contribution in [2.45, 2.75) is 12.4 Å². The number of thioether (sulfide) groups is 1. The number of benzene rings is 1. The summed E-state index contributed by atoms with van der Waals surface area (Å²) in [5, 5.41) is 13.4. The van der Waals surface area contributed by atoms with Gasteiger partial charge in [-0.1, -0.05) is 0 Å². The van der Waals surface area contributed by atoms with Crippen LogP contribution in [0.2, 0.25) is 0 Å². The molecule has 1 aromatic rings. The highest BCUT2D eigenvalue weighted by Gasteiger charge is 2.27. The molecule has 20 heavy (non-hydrogen) atoms. The first kappa shape index (κ1) is 16.4. The number of anilines is 1. The first-order valence-corrected chi connectivity index (χ1v) is 6.67. The van der Waals surface area contributed by atoms with Gasteiger partial charge in [0.25, 0.3) is 5.69 Å². The zero-order valence-corrected chi connectivity index (χ0v) is 11.4. The van der Waals surface area contributed by atoms with Gasteiger partial charge in [-0.2, -0.15) is 13.2 Å². The molecule has 0 heterocycles. The van der Waals surface area contributed by atoms with Crippen LogP contribution in [0.15, 0.2) is 18.2 Å². The summed E-state index contributed by atoms with van der Waals surface area (Å²) < 4.78 is 41.0. The molecule has 0 unspecified atom stereocenters. The van der Waals surface area contributed by atoms with Crippen molar-refractivity contribution in [3.63, 3.8) is 0 Å². The van der Waals surface area contributed by atoms with Crippen molar-refractivity contribution in [2.24, 2.45) is 0 Å². The Balaban J connectivity index is 2.66. The second-order valence-electron chi connectivity index (χ2n) is 3.63. The van der Waals surface area contributed by atoms with Crippen molar-refractivity contribution in [3.8, 4) is 5.75 Å². The van der Waals surface area contributed by atoms with Crippen LogP contribution in [0.5, 0.6) is 5.75 Å². The SMILES string of the molecule is CCOc1cc(NCCSC(F)(F)F)cc([N+](=O)[O-])c1. The minimum atomic E-state index is -4.28. The Labute approximate surface area is 117 Å². The van der Waals surface area contributed by atoms with E-state index in [0.29, 0.717) is 18.0 Å². The number of halogens is 3. The van der Waals surface area contributed by atoms with Gasteiger partial charge in [-0.05, 0) is 18.7 Å². The molecule has 1 N–H and O–H groups in total. The smallest absolute Gasteiger partial charge is 0.441 e. The quantitative estimate of drug-likeness (QED) is 0.473. The molecule has 0 amide bonds. The Hall–Kier alpha value is -1.64. The lowest BCUT2D eigenvalue weighted by molar-refractivity contribution is -0.384. The standard InChI is InChI=1S/C11H13F3N2O3S/c1-2-19-10-6-8(5-9(7-10)16(17)18)15-3-4-20-11(12,13)14/h5-7,15H,2-4H2,1H3. The molecule has 0 saturated heterocycles. The van der Waals surface area contributed by atoms with E-state index in [0.717, 1.165) is 0 Å². The van der Waals surface area contributed by atoms with E-state index in [9.17, 15) is 23.3 Å². The van der Waals surface area contributed by atoms with Crippen LogP contribution in [-0.2, 0) is 0 Å². The molecule has 1 rings (SSSR count). The van der Waals surface area contributed by atoms with Gasteiger partial charge in [0.1, 0.15) is 5.75 Å². The highest BCUT2D eigenvalue weighted by molar-refractivity contribution is 8.00. The maximum absolute atomic E-state index is 11.9. The van der Waals surface area contributed by atoms with Crippen LogP contribution in [-0.4, -0.2) is 29.3 Å². The molecule has 0 bridgehead atoms. The average molecular weight is 310 g/mol. The van der Waals surface area contributed by atoms with E-state index >= 15 is 0 Å². The second-order valence-corrected chi connectivity index (χ2v) is 4.79. The van der Waals surface area contributed by atoms with E-state index in [4.69, 9.17) is 4.74 Å². The normalized spacial score (nSPS) is 11.2. The highest BCUT2D eigenvalue weighted by atomic mass is 32.2. The second kappa shape index (κ2) is 7.22. The number of nitrogens with one attached hydrogen (secondary N) is 1. The van der Waals surface area contributed by atoms with Crippen molar-refractivity contribution in [1.29, 1.82) is 0 Å². The molecule has 0 atom stereocenters. The Morgan fingerprint density at radius 2 is 2.10 bits per heavy atom. The Morgan fingerprint density at radius 1 is 1.40 bits per heavy atom. The summed E-state index contributed by atoms with van der Waals surface area (Å²) in [7, 11) is 0. The minimum absolute atomic E-state index is 0.0386. The van der Waals surface area contributed by atoms with Gasteiger partial charge in [-0.25, -0.2) is 0 Å². The van der Waals surface area contributed by atoms with E-state index < -0.39 is 10.4 Å². The molecule has 0 fully saturated rings. The number of nitrogens with zero attached hydrogens (tertiary/aromatic N) is 1. The molecule has 5 nitrogen and oxygen atoms in total. The number of rotatable bonds is 7. The molecule has 0 radical (unpaired) electrons. The maximum Gasteiger partial charge on any atom is 0.441 e. The Morgan fingerprint density at radius 3 is 2.65 bits per heavy atom. The van der Waals surface area contributed by atoms with Gasteiger partial charge >= 0.3 is 5.51 Å². The van der Waals surface area contributed by atoms with E-state index in [2.05, 4.69) is 5.32 Å². The van der Waals surface area contributed by atoms with Gasteiger partial charge in [-0.15, -0.1) is 0 Å². The fraction of sp³-hybridized carbons (Fsp3) is 0.455. The number of nitro benzene ring substituents is 1. The summed E-state index contributed by atoms with van der Waals surface area (Å²) in [5.41, 5.74) is -4.10. The van der Waals surface area contributed by atoms with Crippen molar-refractivity contribution >= 4 is 23.1 Å². The van der Waals surface area contributed by atoms with Crippen LogP contribution >= 0.6 is 11.8 Å². The van der Waals surface area contributed by atoms with E-state index in [1.165, 1.54) is 18.2 Å². The molecule has 9 heteroatoms. The fourth-order valence-electron chi connectivity index (χ4n) is 1.40. The topological polar surface area (TPSA) is 64.4 Å². The van der Waals surface area contributed by atoms with Crippen LogP contribution in [0.3, 0.4) is 0 Å². The van der Waals surface area contributed by atoms with Gasteiger partial charge in [-0.3, -0.25) is 10.1 Å². The summed E-state index contributed by atoms with van der Waals surface area (Å²) in [6, 6.07) is 4.02. The minimum Gasteiger partial charge on any atom is -0.494 e. The summed E-state index contributed by atoms with van der Waals surface area (Å²) in [6.45, 7) is 2.10. The van der Waals surface area contributed by atoms with E-state index in [1.54, 1.807) is 6.92 Å². The summed E-state index contributed by atoms with van der Waals surface area (Å²) in [4.78, 5) is 10.2. The van der Waals surface area contributed by atoms with Gasteiger partial charge in [0.05, 0.1) is 17.6 Å². The van der Waals surface area contributed by atoms with Crippen LogP contribution in [0.4, 0.5) is 24.5 Å². The molecule has 0 saturated carbocycles. The van der Waals surface area contributed by atoms with Crippen molar-refractivity contribution in [1.82, 2.24) is 0 Å². The molecule has 0 aliphatic heterocycles. The highest BCUT2D eigenvalue weighted by Crippen LogP contribution is 2.30. The Bertz CT molecular complexity index is 469. The monoisotopic (exact) mass is 310 g/mol. The lowest BCUT2D eigenvalue weighted by Gasteiger charge is -2.10. The first-order chi connectivity index (χ1) is 9.31. The number of hydrogen-bond donors (Lipinski definition) is 1. The molecular weight excluding hydrogens is 297 g/mol. The van der Waals surface area contributed by atoms with Crippen LogP contribution < -0.4 is 10.1 Å². The summed E-state index contributed by atoms with van der Waals surface area (Å²) >= 11 is -0.150. The largest absolute Gasteiger partial charge is 0.494 e. The third-order valence-corrected chi connectivity index (χ3v) is 2.85. The fourth-order valence-corrected chi connectivity index (χ4v) is 1.84. The number of alkyl halides is 3. The van der Waals surface area contributed by atoms with Crippen molar-refractivity contribution in [3.05, 3.63) is 28.3 Å².